The van der Waals surface area contributed by atoms with Crippen LogP contribution in [-0.2, 0) is 30.5 Å². The fourth-order valence-electron chi connectivity index (χ4n) is 6.28. The SMILES string of the molecule is CCn1c2ccccc2c2cc(NC(=O)[C@H](CCCCN)NC(=O)CNC(=O)[C@H](CC(C)C)NC(=O)[C@@H](NC(=O)[C@H](O)[C@@H](O)[C@H](O)[C@H](O)CO)[C@@H](C)O)ccc21. The average molecular weight is 788 g/mol. The molecule has 0 aliphatic heterocycles. The molecule has 2 aromatic carbocycles. The van der Waals surface area contributed by atoms with Gasteiger partial charge in [-0.15, -0.1) is 0 Å². The normalized spacial score (nSPS) is 15.9. The van der Waals surface area contributed by atoms with Crippen LogP contribution >= 0.6 is 0 Å². The van der Waals surface area contributed by atoms with Crippen molar-refractivity contribution in [1.29, 1.82) is 0 Å². The molecule has 3 rings (SSSR count). The van der Waals surface area contributed by atoms with Crippen molar-refractivity contribution >= 4 is 57.0 Å². The molecule has 310 valence electrons. The third kappa shape index (κ3) is 12.2. The topological polar surface area (TPSA) is 298 Å². The summed E-state index contributed by atoms with van der Waals surface area (Å²) in [4.78, 5) is 65.8. The zero-order valence-electron chi connectivity index (χ0n) is 32.1. The maximum atomic E-state index is 13.5. The maximum Gasteiger partial charge on any atom is 0.252 e. The van der Waals surface area contributed by atoms with E-state index >= 15 is 0 Å². The minimum absolute atomic E-state index is 0.0671. The number of fused-ring (bicyclic) bond motifs is 3. The first-order valence-corrected chi connectivity index (χ1v) is 18.7. The molecule has 3 aromatic rings. The van der Waals surface area contributed by atoms with Crippen molar-refractivity contribution in [3.05, 3.63) is 42.5 Å². The van der Waals surface area contributed by atoms with Crippen LogP contribution in [0.2, 0.25) is 0 Å². The Labute approximate surface area is 324 Å². The number of hydrogen-bond donors (Lipinski definition) is 12. The van der Waals surface area contributed by atoms with Crippen molar-refractivity contribution in [1.82, 2.24) is 25.8 Å². The molecule has 56 heavy (non-hydrogen) atoms. The number of rotatable bonds is 22. The standard InChI is InChI=1S/C38H57N7O11/c1-5-45-27-12-7-6-10-23(27)24-17-22(13-14-28(24)45)41-36(54)25(11-8-9-15-39)42-30(49)18-40-35(53)26(16-20(2)3)43-37(55)31(21(4)47)44-38(56)34(52)33(51)32(50)29(48)19-46/h6-7,10,12-14,17,20-21,25-26,29,31-34,46-48,50-52H,5,8-9,11,15-16,18-19,39H2,1-4H3,(H,40,53)(H,41,54)(H,42,49)(H,43,55)(H,44,56)/t21-,25+,26+,29-,31+,32-,33+,34-/m1/s1. The van der Waals surface area contributed by atoms with E-state index in [4.69, 9.17) is 10.8 Å². The number of nitrogens with two attached hydrogens (primary N) is 1. The number of benzene rings is 2. The molecule has 0 spiro atoms. The molecule has 0 aliphatic rings. The number of amides is 5. The van der Waals surface area contributed by atoms with E-state index in [2.05, 4.69) is 32.8 Å². The van der Waals surface area contributed by atoms with E-state index in [-0.39, 0.29) is 18.8 Å². The predicted octanol–water partition coefficient (Wildman–Crippen LogP) is -1.68. The molecule has 0 bridgehead atoms. The van der Waals surface area contributed by atoms with Crippen LogP contribution in [0.25, 0.3) is 21.8 Å². The second-order valence-corrected chi connectivity index (χ2v) is 14.2. The number of aromatic nitrogens is 1. The number of para-hydroxylation sites is 1. The van der Waals surface area contributed by atoms with Gasteiger partial charge in [0.05, 0.1) is 19.3 Å². The molecule has 0 unspecified atom stereocenters. The third-order valence-corrected chi connectivity index (χ3v) is 9.30. The lowest BCUT2D eigenvalue weighted by Gasteiger charge is -2.28. The molecule has 1 aromatic heterocycles. The summed E-state index contributed by atoms with van der Waals surface area (Å²) >= 11 is 0. The van der Waals surface area contributed by atoms with Crippen LogP contribution in [0.15, 0.2) is 42.5 Å². The van der Waals surface area contributed by atoms with E-state index in [1.54, 1.807) is 19.9 Å². The lowest BCUT2D eigenvalue weighted by atomic mass is 10.0. The van der Waals surface area contributed by atoms with Crippen LogP contribution in [-0.4, -0.2) is 133 Å². The first kappa shape index (κ1) is 45.7. The molecular weight excluding hydrogens is 730 g/mol. The van der Waals surface area contributed by atoms with Gasteiger partial charge in [0.25, 0.3) is 5.91 Å². The van der Waals surface area contributed by atoms with Gasteiger partial charge >= 0.3 is 0 Å². The quantitative estimate of drug-likeness (QED) is 0.0509. The highest BCUT2D eigenvalue weighted by Gasteiger charge is 2.37. The number of hydrogen-bond acceptors (Lipinski definition) is 12. The van der Waals surface area contributed by atoms with Crippen molar-refractivity contribution in [2.45, 2.75) is 109 Å². The highest BCUT2D eigenvalue weighted by Crippen LogP contribution is 2.31. The zero-order chi connectivity index (χ0) is 41.7. The molecule has 1 heterocycles. The number of nitrogens with zero attached hydrogens (tertiary/aromatic N) is 1. The third-order valence-electron chi connectivity index (χ3n) is 9.30. The molecule has 0 aliphatic carbocycles. The van der Waals surface area contributed by atoms with Gasteiger partial charge in [-0.05, 0) is 76.3 Å². The Balaban J connectivity index is 1.67. The van der Waals surface area contributed by atoms with Gasteiger partial charge in [-0.2, -0.15) is 0 Å². The van der Waals surface area contributed by atoms with E-state index in [0.717, 1.165) is 35.3 Å². The summed E-state index contributed by atoms with van der Waals surface area (Å²) in [7, 11) is 0. The van der Waals surface area contributed by atoms with Crippen molar-refractivity contribution in [2.75, 3.05) is 25.0 Å². The van der Waals surface area contributed by atoms with Gasteiger partial charge in [0.1, 0.15) is 36.4 Å². The van der Waals surface area contributed by atoms with E-state index in [1.165, 1.54) is 0 Å². The monoisotopic (exact) mass is 787 g/mol. The second kappa shape index (κ2) is 21.6. The first-order valence-electron chi connectivity index (χ1n) is 18.7. The molecule has 0 saturated heterocycles. The van der Waals surface area contributed by atoms with Gasteiger partial charge in [-0.3, -0.25) is 24.0 Å². The van der Waals surface area contributed by atoms with Gasteiger partial charge in [0.2, 0.25) is 23.6 Å². The van der Waals surface area contributed by atoms with Crippen molar-refractivity contribution < 1.29 is 54.6 Å². The lowest BCUT2D eigenvalue weighted by molar-refractivity contribution is -0.151. The largest absolute Gasteiger partial charge is 0.394 e. The minimum atomic E-state index is -2.38. The van der Waals surface area contributed by atoms with Gasteiger partial charge < -0.3 is 67.5 Å². The van der Waals surface area contributed by atoms with Gasteiger partial charge in [0, 0.05) is 34.0 Å². The lowest BCUT2D eigenvalue weighted by Crippen LogP contribution is -2.60. The number of anilines is 1. The van der Waals surface area contributed by atoms with Crippen LogP contribution in [0, 0.1) is 5.92 Å². The molecule has 8 atom stereocenters. The van der Waals surface area contributed by atoms with Crippen LogP contribution < -0.4 is 32.3 Å². The molecule has 0 radical (unpaired) electrons. The molecule has 0 fully saturated rings. The Hall–Kier alpha value is -4.69. The molecule has 18 heteroatoms. The van der Waals surface area contributed by atoms with E-state index in [0.29, 0.717) is 25.1 Å². The van der Waals surface area contributed by atoms with Gasteiger partial charge in [-0.25, -0.2) is 0 Å². The van der Waals surface area contributed by atoms with Gasteiger partial charge in [-0.1, -0.05) is 32.0 Å². The second-order valence-electron chi connectivity index (χ2n) is 14.2. The predicted molar refractivity (Wildman–Crippen MR) is 208 cm³/mol. The Morgan fingerprint density at radius 2 is 1.45 bits per heavy atom. The summed E-state index contributed by atoms with van der Waals surface area (Å²) < 4.78 is 2.18. The summed E-state index contributed by atoms with van der Waals surface area (Å²) in [5, 5.41) is 73.3. The summed E-state index contributed by atoms with van der Waals surface area (Å²) in [5.41, 5.74) is 8.29. The van der Waals surface area contributed by atoms with Crippen molar-refractivity contribution in [3.8, 4) is 0 Å². The zero-order valence-corrected chi connectivity index (χ0v) is 32.1. The highest BCUT2D eigenvalue weighted by molar-refractivity contribution is 6.10. The summed E-state index contributed by atoms with van der Waals surface area (Å²) in [5.74, 6) is -4.54. The summed E-state index contributed by atoms with van der Waals surface area (Å²) in [6.45, 7) is 6.33. The Kier molecular flexibility index (Phi) is 17.6. The van der Waals surface area contributed by atoms with Crippen LogP contribution in [0.4, 0.5) is 5.69 Å². The van der Waals surface area contributed by atoms with Crippen LogP contribution in [0.5, 0.6) is 0 Å². The van der Waals surface area contributed by atoms with Crippen LogP contribution in [0.3, 0.4) is 0 Å². The maximum absolute atomic E-state index is 13.5. The van der Waals surface area contributed by atoms with E-state index in [9.17, 15) is 49.5 Å². The number of carbonyl (C=O) groups excluding carboxylic acids is 5. The van der Waals surface area contributed by atoms with E-state index in [1.807, 2.05) is 41.7 Å². The first-order chi connectivity index (χ1) is 26.5. The van der Waals surface area contributed by atoms with Crippen molar-refractivity contribution in [3.63, 3.8) is 0 Å². The summed E-state index contributed by atoms with van der Waals surface area (Å²) in [6.07, 6.45) is -8.76. The molecule has 18 nitrogen and oxygen atoms in total. The number of nitrogens with one attached hydrogen (secondary N) is 5. The average Bonchev–Trinajstić information content (AvgIpc) is 3.49. The number of carbonyl (C=O) groups is 5. The Morgan fingerprint density at radius 1 is 0.768 bits per heavy atom. The fourth-order valence-corrected chi connectivity index (χ4v) is 6.28. The molecular formula is C38H57N7O11. The Bertz CT molecular complexity index is 1800. The number of aliphatic hydroxyl groups excluding tert-OH is 6. The number of aryl methyl sites for hydroxylation is 1. The highest BCUT2D eigenvalue weighted by atomic mass is 16.4. The Morgan fingerprint density at radius 3 is 2.07 bits per heavy atom. The smallest absolute Gasteiger partial charge is 0.252 e. The minimum Gasteiger partial charge on any atom is -0.394 e. The summed E-state index contributed by atoms with van der Waals surface area (Å²) in [6, 6.07) is 9.59. The molecule has 5 amide bonds. The number of unbranched alkanes of at least 4 members (excludes halogenated alkanes) is 1. The van der Waals surface area contributed by atoms with Gasteiger partial charge in [0.15, 0.2) is 6.10 Å². The van der Waals surface area contributed by atoms with E-state index < -0.39 is 91.3 Å². The van der Waals surface area contributed by atoms with Crippen molar-refractivity contribution in [2.24, 2.45) is 11.7 Å². The number of aliphatic hydroxyl groups is 6. The molecule has 13 N–H and O–H groups in total. The fraction of sp³-hybridized carbons (Fsp3) is 0.553. The van der Waals surface area contributed by atoms with Crippen LogP contribution in [0.1, 0.15) is 53.4 Å². The molecule has 0 saturated carbocycles.